The van der Waals surface area contributed by atoms with Crippen LogP contribution in [-0.4, -0.2) is 42.0 Å². The Bertz CT molecular complexity index is 354. The molecule has 1 heterocycles. The minimum atomic E-state index is -0.424. The van der Waals surface area contributed by atoms with Gasteiger partial charge in [-0.15, -0.1) is 0 Å². The summed E-state index contributed by atoms with van der Waals surface area (Å²) in [4.78, 5) is 16.2. The molecular formula is C10H16N4O2. The zero-order valence-corrected chi connectivity index (χ0v) is 9.51. The summed E-state index contributed by atoms with van der Waals surface area (Å²) in [7, 11) is 4.01. The van der Waals surface area contributed by atoms with E-state index in [0.717, 1.165) is 19.5 Å². The normalized spacial score (nSPS) is 10.4. The van der Waals surface area contributed by atoms with Crippen LogP contribution >= 0.6 is 0 Å². The van der Waals surface area contributed by atoms with Crippen molar-refractivity contribution in [3.8, 4) is 0 Å². The van der Waals surface area contributed by atoms with Gasteiger partial charge in [0.2, 0.25) is 0 Å². The lowest BCUT2D eigenvalue weighted by molar-refractivity contribution is -0.384. The summed E-state index contributed by atoms with van der Waals surface area (Å²) in [6.07, 6.45) is 2.41. The Morgan fingerprint density at radius 1 is 1.56 bits per heavy atom. The maximum atomic E-state index is 10.5. The maximum Gasteiger partial charge on any atom is 0.274 e. The molecule has 0 saturated heterocycles. The van der Waals surface area contributed by atoms with E-state index in [2.05, 4.69) is 15.2 Å². The topological polar surface area (TPSA) is 71.3 Å². The van der Waals surface area contributed by atoms with Crippen LogP contribution in [0.4, 0.5) is 11.5 Å². The second kappa shape index (κ2) is 6.02. The summed E-state index contributed by atoms with van der Waals surface area (Å²) in [5, 5.41) is 13.6. The first-order chi connectivity index (χ1) is 7.59. The number of anilines is 1. The predicted molar refractivity (Wildman–Crippen MR) is 62.6 cm³/mol. The zero-order chi connectivity index (χ0) is 12.0. The van der Waals surface area contributed by atoms with Gasteiger partial charge < -0.3 is 10.2 Å². The summed E-state index contributed by atoms with van der Waals surface area (Å²) in [5.74, 6) is 0.549. The molecule has 0 atom stereocenters. The van der Waals surface area contributed by atoms with Crippen LogP contribution < -0.4 is 5.32 Å². The van der Waals surface area contributed by atoms with Crippen LogP contribution in [-0.2, 0) is 0 Å². The number of nitrogens with zero attached hydrogens (tertiary/aromatic N) is 3. The van der Waals surface area contributed by atoms with Gasteiger partial charge in [0, 0.05) is 18.8 Å². The van der Waals surface area contributed by atoms with Gasteiger partial charge >= 0.3 is 0 Å². The minimum absolute atomic E-state index is 0.0603. The van der Waals surface area contributed by atoms with Crippen LogP contribution in [0.1, 0.15) is 6.42 Å². The standard InChI is InChI=1S/C10H16N4O2/c1-13(2)7-3-5-11-10-8-9(14(15)16)4-6-12-10/h4,6,8H,3,5,7H2,1-2H3,(H,11,12). The van der Waals surface area contributed by atoms with E-state index in [0.29, 0.717) is 5.82 Å². The average molecular weight is 224 g/mol. The molecule has 88 valence electrons. The monoisotopic (exact) mass is 224 g/mol. The number of nitrogens with one attached hydrogen (secondary N) is 1. The van der Waals surface area contributed by atoms with Gasteiger partial charge in [0.25, 0.3) is 5.69 Å². The van der Waals surface area contributed by atoms with Gasteiger partial charge in [-0.25, -0.2) is 4.98 Å². The van der Waals surface area contributed by atoms with Crippen molar-refractivity contribution in [2.24, 2.45) is 0 Å². The molecular weight excluding hydrogens is 208 g/mol. The summed E-state index contributed by atoms with van der Waals surface area (Å²) < 4.78 is 0. The van der Waals surface area contributed by atoms with Crippen molar-refractivity contribution in [2.75, 3.05) is 32.5 Å². The van der Waals surface area contributed by atoms with Gasteiger partial charge in [-0.1, -0.05) is 0 Å². The molecule has 0 aromatic carbocycles. The predicted octanol–water partition coefficient (Wildman–Crippen LogP) is 1.35. The molecule has 6 heteroatoms. The number of nitro groups is 1. The molecule has 0 amide bonds. The van der Waals surface area contributed by atoms with E-state index in [1.54, 1.807) is 0 Å². The fourth-order valence-corrected chi connectivity index (χ4v) is 1.24. The Morgan fingerprint density at radius 2 is 2.31 bits per heavy atom. The van der Waals surface area contributed by atoms with Crippen LogP contribution in [0.3, 0.4) is 0 Å². The number of rotatable bonds is 6. The van der Waals surface area contributed by atoms with E-state index in [1.807, 2.05) is 14.1 Å². The number of aromatic nitrogens is 1. The molecule has 0 unspecified atom stereocenters. The molecule has 0 aliphatic heterocycles. The van der Waals surface area contributed by atoms with Crippen molar-refractivity contribution < 1.29 is 4.92 Å². The highest BCUT2D eigenvalue weighted by molar-refractivity contribution is 5.43. The van der Waals surface area contributed by atoms with Crippen LogP contribution in [0.25, 0.3) is 0 Å². The van der Waals surface area contributed by atoms with Crippen molar-refractivity contribution in [1.82, 2.24) is 9.88 Å². The number of hydrogen-bond acceptors (Lipinski definition) is 5. The molecule has 1 rings (SSSR count). The second-order valence-corrected chi connectivity index (χ2v) is 3.74. The van der Waals surface area contributed by atoms with Gasteiger partial charge in [-0.05, 0) is 27.1 Å². The van der Waals surface area contributed by atoms with Gasteiger partial charge in [-0.2, -0.15) is 0 Å². The molecule has 6 nitrogen and oxygen atoms in total. The lowest BCUT2D eigenvalue weighted by atomic mass is 10.3. The molecule has 1 aromatic rings. The number of hydrogen-bond donors (Lipinski definition) is 1. The van der Waals surface area contributed by atoms with Gasteiger partial charge in [0.15, 0.2) is 0 Å². The van der Waals surface area contributed by atoms with Crippen LogP contribution in [0.15, 0.2) is 18.3 Å². The molecule has 0 saturated carbocycles. The molecule has 0 bridgehead atoms. The van der Waals surface area contributed by atoms with Crippen molar-refractivity contribution in [1.29, 1.82) is 0 Å². The average Bonchev–Trinajstić information content (AvgIpc) is 2.24. The SMILES string of the molecule is CN(C)CCCNc1cc([N+](=O)[O-])ccn1. The molecule has 1 aromatic heterocycles. The van der Waals surface area contributed by atoms with E-state index < -0.39 is 4.92 Å². The van der Waals surface area contributed by atoms with E-state index >= 15 is 0 Å². The van der Waals surface area contributed by atoms with Crippen LogP contribution in [0, 0.1) is 10.1 Å². The Kier molecular flexibility index (Phi) is 4.65. The Morgan fingerprint density at radius 3 is 2.94 bits per heavy atom. The van der Waals surface area contributed by atoms with E-state index in [1.165, 1.54) is 18.3 Å². The third kappa shape index (κ3) is 4.22. The lowest BCUT2D eigenvalue weighted by Gasteiger charge is -2.09. The Labute approximate surface area is 94.4 Å². The molecule has 0 fully saturated rings. The van der Waals surface area contributed by atoms with Gasteiger partial charge in [-0.3, -0.25) is 10.1 Å². The Balaban J connectivity index is 2.42. The molecule has 0 spiro atoms. The van der Waals surface area contributed by atoms with E-state index in [-0.39, 0.29) is 5.69 Å². The summed E-state index contributed by atoms with van der Waals surface area (Å²) >= 11 is 0. The lowest BCUT2D eigenvalue weighted by Crippen LogP contribution is -2.16. The highest BCUT2D eigenvalue weighted by atomic mass is 16.6. The van der Waals surface area contributed by atoms with Gasteiger partial charge in [0.1, 0.15) is 5.82 Å². The van der Waals surface area contributed by atoms with Gasteiger partial charge in [0.05, 0.1) is 11.0 Å². The third-order valence-corrected chi connectivity index (χ3v) is 2.04. The molecule has 1 N–H and O–H groups in total. The fraction of sp³-hybridized carbons (Fsp3) is 0.500. The van der Waals surface area contributed by atoms with Crippen molar-refractivity contribution in [3.63, 3.8) is 0 Å². The second-order valence-electron chi connectivity index (χ2n) is 3.74. The Hall–Kier alpha value is -1.69. The fourth-order valence-electron chi connectivity index (χ4n) is 1.24. The first-order valence-corrected chi connectivity index (χ1v) is 5.08. The molecule has 0 aliphatic carbocycles. The summed E-state index contributed by atoms with van der Waals surface area (Å²) in [5.41, 5.74) is 0.0603. The largest absolute Gasteiger partial charge is 0.370 e. The van der Waals surface area contributed by atoms with Crippen molar-refractivity contribution >= 4 is 11.5 Å². The van der Waals surface area contributed by atoms with Crippen LogP contribution in [0.2, 0.25) is 0 Å². The first kappa shape index (κ1) is 12.4. The molecule has 0 radical (unpaired) electrons. The summed E-state index contributed by atoms with van der Waals surface area (Å²) in [6, 6.07) is 2.82. The minimum Gasteiger partial charge on any atom is -0.370 e. The zero-order valence-electron chi connectivity index (χ0n) is 9.51. The molecule has 0 aliphatic rings. The third-order valence-electron chi connectivity index (χ3n) is 2.04. The highest BCUT2D eigenvalue weighted by Gasteiger charge is 2.05. The van der Waals surface area contributed by atoms with Crippen molar-refractivity contribution in [2.45, 2.75) is 6.42 Å². The van der Waals surface area contributed by atoms with Crippen LogP contribution in [0.5, 0.6) is 0 Å². The first-order valence-electron chi connectivity index (χ1n) is 5.08. The molecule has 16 heavy (non-hydrogen) atoms. The maximum absolute atomic E-state index is 10.5. The van der Waals surface area contributed by atoms with E-state index in [4.69, 9.17) is 0 Å². The quantitative estimate of drug-likeness (QED) is 0.448. The van der Waals surface area contributed by atoms with E-state index in [9.17, 15) is 10.1 Å². The highest BCUT2D eigenvalue weighted by Crippen LogP contribution is 2.13. The number of pyridine rings is 1. The smallest absolute Gasteiger partial charge is 0.274 e. The van der Waals surface area contributed by atoms with Crippen molar-refractivity contribution in [3.05, 3.63) is 28.4 Å². The summed E-state index contributed by atoms with van der Waals surface area (Å²) in [6.45, 7) is 1.73.